The van der Waals surface area contributed by atoms with Crippen molar-refractivity contribution in [3.05, 3.63) is 36.0 Å². The molecular weight excluding hydrogens is 250 g/mol. The second-order valence-electron chi connectivity index (χ2n) is 5.48. The Morgan fingerprint density at radius 2 is 2.10 bits per heavy atom. The van der Waals surface area contributed by atoms with E-state index in [9.17, 15) is 4.79 Å². The first-order valence-electron chi connectivity index (χ1n) is 7.06. The predicted octanol–water partition coefficient (Wildman–Crippen LogP) is 2.17. The van der Waals surface area contributed by atoms with Crippen molar-refractivity contribution in [3.63, 3.8) is 0 Å². The summed E-state index contributed by atoms with van der Waals surface area (Å²) in [6.07, 6.45) is 3.30. The molecule has 0 aliphatic carbocycles. The molecule has 2 aromatic rings. The average Bonchev–Trinajstić information content (AvgIpc) is 2.85. The van der Waals surface area contributed by atoms with Gasteiger partial charge in [0.15, 0.2) is 0 Å². The molecule has 0 aliphatic heterocycles. The SMILES string of the molecule is CC(CNC(=O)CCc1c[nH]c2ccccc12)N(C)C. The van der Waals surface area contributed by atoms with Gasteiger partial charge >= 0.3 is 0 Å². The number of carbonyl (C=O) groups excluding carboxylic acids is 1. The third kappa shape index (κ3) is 3.61. The maximum atomic E-state index is 11.9. The number of nitrogens with one attached hydrogen (secondary N) is 2. The Hall–Kier alpha value is -1.81. The molecule has 1 aromatic carbocycles. The van der Waals surface area contributed by atoms with Crippen molar-refractivity contribution in [1.82, 2.24) is 15.2 Å². The van der Waals surface area contributed by atoms with E-state index in [2.05, 4.69) is 34.3 Å². The summed E-state index contributed by atoms with van der Waals surface area (Å²) in [5.41, 5.74) is 2.33. The van der Waals surface area contributed by atoms with Crippen LogP contribution in [0.15, 0.2) is 30.5 Å². The number of hydrogen-bond acceptors (Lipinski definition) is 2. The van der Waals surface area contributed by atoms with Crippen LogP contribution in [0, 0.1) is 0 Å². The Bertz CT molecular complexity index is 574. The highest BCUT2D eigenvalue weighted by Crippen LogP contribution is 2.18. The van der Waals surface area contributed by atoms with Crippen molar-refractivity contribution in [2.45, 2.75) is 25.8 Å². The number of likely N-dealkylation sites (N-methyl/N-ethyl adjacent to an activating group) is 1. The molecule has 0 spiro atoms. The number of hydrogen-bond donors (Lipinski definition) is 2. The Morgan fingerprint density at radius 1 is 1.35 bits per heavy atom. The standard InChI is InChI=1S/C16H23N3O/c1-12(19(2)3)10-18-16(20)9-8-13-11-17-15-7-5-4-6-14(13)15/h4-7,11-12,17H,8-10H2,1-3H3,(H,18,20). The number of para-hydroxylation sites is 1. The van der Waals surface area contributed by atoms with Gasteiger partial charge in [0.2, 0.25) is 5.91 Å². The van der Waals surface area contributed by atoms with E-state index in [4.69, 9.17) is 0 Å². The van der Waals surface area contributed by atoms with Gasteiger partial charge < -0.3 is 15.2 Å². The fraction of sp³-hybridized carbons (Fsp3) is 0.438. The molecule has 1 heterocycles. The van der Waals surface area contributed by atoms with Crippen LogP contribution in [-0.2, 0) is 11.2 Å². The van der Waals surface area contributed by atoms with Crippen LogP contribution in [0.1, 0.15) is 18.9 Å². The van der Waals surface area contributed by atoms with Crippen molar-refractivity contribution in [3.8, 4) is 0 Å². The molecule has 0 saturated heterocycles. The van der Waals surface area contributed by atoms with Gasteiger partial charge in [-0.2, -0.15) is 0 Å². The Balaban J connectivity index is 1.84. The van der Waals surface area contributed by atoms with Gasteiger partial charge in [-0.1, -0.05) is 18.2 Å². The van der Waals surface area contributed by atoms with Crippen molar-refractivity contribution in [1.29, 1.82) is 0 Å². The second kappa shape index (κ2) is 6.57. The van der Waals surface area contributed by atoms with Crippen LogP contribution >= 0.6 is 0 Å². The highest BCUT2D eigenvalue weighted by atomic mass is 16.1. The van der Waals surface area contributed by atoms with Crippen LogP contribution in [0.4, 0.5) is 0 Å². The van der Waals surface area contributed by atoms with Crippen molar-refractivity contribution < 1.29 is 4.79 Å². The number of aromatic nitrogens is 1. The molecule has 0 radical (unpaired) electrons. The van der Waals surface area contributed by atoms with Crippen molar-refractivity contribution >= 4 is 16.8 Å². The average molecular weight is 273 g/mol. The number of H-pyrrole nitrogens is 1. The van der Waals surface area contributed by atoms with E-state index in [1.54, 1.807) is 0 Å². The molecule has 1 amide bonds. The van der Waals surface area contributed by atoms with E-state index in [0.717, 1.165) is 11.9 Å². The van der Waals surface area contributed by atoms with Gasteiger partial charge in [0.1, 0.15) is 0 Å². The van der Waals surface area contributed by atoms with E-state index in [-0.39, 0.29) is 5.91 Å². The van der Waals surface area contributed by atoms with E-state index >= 15 is 0 Å². The first-order valence-corrected chi connectivity index (χ1v) is 7.06. The maximum absolute atomic E-state index is 11.9. The number of aromatic amines is 1. The van der Waals surface area contributed by atoms with Gasteiger partial charge in [0.25, 0.3) is 0 Å². The van der Waals surface area contributed by atoms with Crippen LogP contribution in [0.5, 0.6) is 0 Å². The largest absolute Gasteiger partial charge is 0.361 e. The molecule has 20 heavy (non-hydrogen) atoms. The van der Waals surface area contributed by atoms with E-state index in [1.165, 1.54) is 10.9 Å². The molecule has 108 valence electrons. The number of rotatable bonds is 6. The summed E-state index contributed by atoms with van der Waals surface area (Å²) < 4.78 is 0. The monoisotopic (exact) mass is 273 g/mol. The van der Waals surface area contributed by atoms with Gasteiger partial charge in [-0.25, -0.2) is 0 Å². The summed E-state index contributed by atoms with van der Waals surface area (Å²) in [5.74, 6) is 0.115. The first kappa shape index (κ1) is 14.6. The van der Waals surface area contributed by atoms with E-state index in [0.29, 0.717) is 19.0 Å². The molecule has 4 heteroatoms. The zero-order valence-electron chi connectivity index (χ0n) is 12.4. The molecule has 0 fully saturated rings. The third-order valence-corrected chi connectivity index (χ3v) is 3.77. The minimum absolute atomic E-state index is 0.115. The van der Waals surface area contributed by atoms with Gasteiger partial charge in [-0.3, -0.25) is 4.79 Å². The van der Waals surface area contributed by atoms with E-state index in [1.807, 2.05) is 32.4 Å². The predicted molar refractivity (Wildman–Crippen MR) is 82.8 cm³/mol. The lowest BCUT2D eigenvalue weighted by Gasteiger charge is -2.19. The zero-order valence-corrected chi connectivity index (χ0v) is 12.4. The van der Waals surface area contributed by atoms with E-state index < -0.39 is 0 Å². The zero-order chi connectivity index (χ0) is 14.5. The lowest BCUT2D eigenvalue weighted by molar-refractivity contribution is -0.121. The molecular formula is C16H23N3O. The summed E-state index contributed by atoms with van der Waals surface area (Å²) in [6.45, 7) is 2.79. The Kier molecular flexibility index (Phi) is 4.79. The third-order valence-electron chi connectivity index (χ3n) is 3.77. The first-order chi connectivity index (χ1) is 9.58. The summed E-state index contributed by atoms with van der Waals surface area (Å²) in [5, 5.41) is 4.19. The summed E-state index contributed by atoms with van der Waals surface area (Å²) >= 11 is 0. The molecule has 2 rings (SSSR count). The number of amides is 1. The number of nitrogens with zero attached hydrogens (tertiary/aromatic N) is 1. The minimum atomic E-state index is 0.115. The molecule has 1 atom stereocenters. The van der Waals surface area contributed by atoms with Gasteiger partial charge in [0, 0.05) is 36.1 Å². The molecule has 0 bridgehead atoms. The number of benzene rings is 1. The Labute approximate surface area is 120 Å². The fourth-order valence-corrected chi connectivity index (χ4v) is 2.12. The fourth-order valence-electron chi connectivity index (χ4n) is 2.12. The smallest absolute Gasteiger partial charge is 0.220 e. The highest BCUT2D eigenvalue weighted by Gasteiger charge is 2.09. The van der Waals surface area contributed by atoms with Crippen LogP contribution in [0.25, 0.3) is 10.9 Å². The van der Waals surface area contributed by atoms with Gasteiger partial charge in [-0.05, 0) is 39.1 Å². The van der Waals surface area contributed by atoms with Crippen LogP contribution < -0.4 is 5.32 Å². The van der Waals surface area contributed by atoms with Crippen LogP contribution in [0.3, 0.4) is 0 Å². The number of fused-ring (bicyclic) bond motifs is 1. The topological polar surface area (TPSA) is 48.1 Å². The normalized spacial score (nSPS) is 12.8. The lowest BCUT2D eigenvalue weighted by Crippen LogP contribution is -2.38. The second-order valence-corrected chi connectivity index (χ2v) is 5.48. The molecule has 1 aromatic heterocycles. The molecule has 0 saturated carbocycles. The van der Waals surface area contributed by atoms with Crippen molar-refractivity contribution in [2.24, 2.45) is 0 Å². The number of carbonyl (C=O) groups is 1. The Morgan fingerprint density at radius 3 is 2.85 bits per heavy atom. The summed E-state index contributed by atoms with van der Waals surface area (Å²) in [6, 6.07) is 8.54. The minimum Gasteiger partial charge on any atom is -0.361 e. The molecule has 2 N–H and O–H groups in total. The van der Waals surface area contributed by atoms with Gasteiger partial charge in [0.05, 0.1) is 0 Å². The van der Waals surface area contributed by atoms with Crippen molar-refractivity contribution in [2.75, 3.05) is 20.6 Å². The summed E-state index contributed by atoms with van der Waals surface area (Å²) in [4.78, 5) is 17.2. The quantitative estimate of drug-likeness (QED) is 0.847. The lowest BCUT2D eigenvalue weighted by atomic mass is 10.1. The van der Waals surface area contributed by atoms with Crippen LogP contribution in [-0.4, -0.2) is 42.5 Å². The van der Waals surface area contributed by atoms with Crippen LogP contribution in [0.2, 0.25) is 0 Å². The molecule has 0 aliphatic rings. The molecule has 1 unspecified atom stereocenters. The number of aryl methyl sites for hydroxylation is 1. The maximum Gasteiger partial charge on any atom is 0.220 e. The molecule has 4 nitrogen and oxygen atoms in total. The highest BCUT2D eigenvalue weighted by molar-refractivity contribution is 5.84. The summed E-state index contributed by atoms with van der Waals surface area (Å²) in [7, 11) is 4.03. The van der Waals surface area contributed by atoms with Gasteiger partial charge in [-0.15, -0.1) is 0 Å².